The van der Waals surface area contributed by atoms with E-state index in [1.165, 1.54) is 0 Å². The van der Waals surface area contributed by atoms with Crippen LogP contribution in [0.2, 0.25) is 0 Å². The molecule has 0 spiro atoms. The number of methoxy groups -OCH3 is 2. The van der Waals surface area contributed by atoms with Gasteiger partial charge in [0.05, 0.1) is 19.7 Å². The Labute approximate surface area is 145 Å². The van der Waals surface area contributed by atoms with Crippen molar-refractivity contribution in [2.45, 2.75) is 6.42 Å². The summed E-state index contributed by atoms with van der Waals surface area (Å²) in [5.74, 6) is 1.45. The van der Waals surface area contributed by atoms with Gasteiger partial charge in [-0.25, -0.2) is 4.98 Å². The summed E-state index contributed by atoms with van der Waals surface area (Å²) in [6.07, 6.45) is 0.753. The fourth-order valence-corrected chi connectivity index (χ4v) is 3.31. The van der Waals surface area contributed by atoms with Gasteiger partial charge in [-0.3, -0.25) is 4.79 Å². The fourth-order valence-electron chi connectivity index (χ4n) is 3.31. The van der Waals surface area contributed by atoms with Crippen molar-refractivity contribution < 1.29 is 14.3 Å². The molecular formula is C20H18N2O3. The largest absolute Gasteiger partial charge is 0.497 e. The van der Waals surface area contributed by atoms with Gasteiger partial charge in [0.15, 0.2) is 0 Å². The molecule has 0 unspecified atom stereocenters. The highest BCUT2D eigenvalue weighted by molar-refractivity contribution is 6.05. The number of nitrogens with one attached hydrogen (secondary N) is 1. The zero-order chi connectivity index (χ0) is 17.4. The number of carbonyl (C=O) groups excluding carboxylic acids is 1. The Morgan fingerprint density at radius 1 is 1.00 bits per heavy atom. The lowest BCUT2D eigenvalue weighted by atomic mass is 9.90. The maximum absolute atomic E-state index is 12.3. The first-order valence-corrected chi connectivity index (χ1v) is 8.14. The van der Waals surface area contributed by atoms with Gasteiger partial charge < -0.3 is 14.8 Å². The standard InChI is InChI=1S/C20H18N2O3/c1-24-13-5-3-12(4-6-13)18-15-9-10-21-20(23)19(15)22-17-8-7-14(25-2)11-16(17)18/h3-8,11H,9-10H2,1-2H3,(H,21,23). The van der Waals surface area contributed by atoms with Crippen LogP contribution in [0.3, 0.4) is 0 Å². The number of hydrogen-bond donors (Lipinski definition) is 1. The molecule has 0 saturated carbocycles. The predicted octanol–water partition coefficient (Wildman–Crippen LogP) is 3.20. The van der Waals surface area contributed by atoms with Gasteiger partial charge in [0.2, 0.25) is 0 Å². The Bertz CT molecular complexity index is 965. The van der Waals surface area contributed by atoms with Crippen molar-refractivity contribution in [2.75, 3.05) is 20.8 Å². The van der Waals surface area contributed by atoms with Crippen molar-refractivity contribution in [1.82, 2.24) is 10.3 Å². The minimum absolute atomic E-state index is 0.117. The van der Waals surface area contributed by atoms with Gasteiger partial charge in [0, 0.05) is 11.9 Å². The molecule has 0 aliphatic carbocycles. The normalized spacial score (nSPS) is 13.3. The van der Waals surface area contributed by atoms with Crippen molar-refractivity contribution in [3.8, 4) is 22.6 Å². The number of fused-ring (bicyclic) bond motifs is 2. The number of benzene rings is 2. The Hall–Kier alpha value is -3.08. The Morgan fingerprint density at radius 2 is 1.72 bits per heavy atom. The van der Waals surface area contributed by atoms with Crippen LogP contribution in [0.25, 0.3) is 22.0 Å². The fraction of sp³-hybridized carbons (Fsp3) is 0.200. The molecule has 1 aliphatic rings. The summed E-state index contributed by atoms with van der Waals surface area (Å²) >= 11 is 0. The SMILES string of the molecule is COc1ccc(-c2c3c(nc4ccc(OC)cc24)C(=O)NCC3)cc1. The number of pyridine rings is 1. The summed E-state index contributed by atoms with van der Waals surface area (Å²) in [6, 6.07) is 13.6. The Morgan fingerprint density at radius 3 is 2.44 bits per heavy atom. The van der Waals surface area contributed by atoms with Crippen molar-refractivity contribution in [2.24, 2.45) is 0 Å². The van der Waals surface area contributed by atoms with Crippen LogP contribution in [0.5, 0.6) is 11.5 Å². The Kier molecular flexibility index (Phi) is 3.76. The minimum atomic E-state index is -0.117. The summed E-state index contributed by atoms with van der Waals surface area (Å²) in [4.78, 5) is 16.9. The molecule has 5 heteroatoms. The molecule has 0 atom stereocenters. The van der Waals surface area contributed by atoms with E-state index in [9.17, 15) is 4.79 Å². The molecule has 0 radical (unpaired) electrons. The van der Waals surface area contributed by atoms with Crippen LogP contribution in [0.15, 0.2) is 42.5 Å². The van der Waals surface area contributed by atoms with Gasteiger partial charge in [-0.05, 0) is 53.4 Å². The van der Waals surface area contributed by atoms with E-state index in [-0.39, 0.29) is 5.91 Å². The maximum atomic E-state index is 12.3. The van der Waals surface area contributed by atoms with E-state index in [0.717, 1.165) is 45.5 Å². The number of amides is 1. The third-order valence-corrected chi connectivity index (χ3v) is 4.55. The molecule has 25 heavy (non-hydrogen) atoms. The first kappa shape index (κ1) is 15.4. The second kappa shape index (κ2) is 6.09. The molecule has 4 rings (SSSR count). The molecule has 2 aromatic carbocycles. The summed E-state index contributed by atoms with van der Waals surface area (Å²) in [5, 5.41) is 3.86. The van der Waals surface area contributed by atoms with Gasteiger partial charge in [-0.1, -0.05) is 12.1 Å². The van der Waals surface area contributed by atoms with Crippen LogP contribution in [0.1, 0.15) is 16.1 Å². The molecule has 0 bridgehead atoms. The van der Waals surface area contributed by atoms with E-state index in [4.69, 9.17) is 9.47 Å². The lowest BCUT2D eigenvalue weighted by Gasteiger charge is -2.21. The van der Waals surface area contributed by atoms with Gasteiger partial charge in [-0.2, -0.15) is 0 Å². The molecule has 1 N–H and O–H groups in total. The van der Waals surface area contributed by atoms with Crippen molar-refractivity contribution in [3.63, 3.8) is 0 Å². The summed E-state index contributed by atoms with van der Waals surface area (Å²) < 4.78 is 10.7. The van der Waals surface area contributed by atoms with E-state index in [1.54, 1.807) is 14.2 Å². The zero-order valence-corrected chi connectivity index (χ0v) is 14.1. The smallest absolute Gasteiger partial charge is 0.270 e. The lowest BCUT2D eigenvalue weighted by molar-refractivity contribution is 0.0941. The van der Waals surface area contributed by atoms with Gasteiger partial charge in [-0.15, -0.1) is 0 Å². The molecule has 5 nitrogen and oxygen atoms in total. The lowest BCUT2D eigenvalue weighted by Crippen LogP contribution is -2.33. The highest BCUT2D eigenvalue weighted by atomic mass is 16.5. The highest BCUT2D eigenvalue weighted by Gasteiger charge is 2.24. The summed E-state index contributed by atoms with van der Waals surface area (Å²) in [6.45, 7) is 0.617. The average molecular weight is 334 g/mol. The van der Waals surface area contributed by atoms with Crippen molar-refractivity contribution in [3.05, 3.63) is 53.7 Å². The molecule has 1 amide bonds. The highest BCUT2D eigenvalue weighted by Crippen LogP contribution is 2.36. The van der Waals surface area contributed by atoms with Crippen LogP contribution in [0.4, 0.5) is 0 Å². The predicted molar refractivity (Wildman–Crippen MR) is 96.3 cm³/mol. The number of nitrogens with zero attached hydrogens (tertiary/aromatic N) is 1. The van der Waals surface area contributed by atoms with E-state index in [2.05, 4.69) is 10.3 Å². The van der Waals surface area contributed by atoms with E-state index in [1.807, 2.05) is 42.5 Å². The molecule has 126 valence electrons. The van der Waals surface area contributed by atoms with Crippen molar-refractivity contribution in [1.29, 1.82) is 0 Å². The van der Waals surface area contributed by atoms with Gasteiger partial charge in [0.1, 0.15) is 17.2 Å². The molecule has 1 aromatic heterocycles. The molecule has 0 fully saturated rings. The Balaban J connectivity index is 2.05. The molecule has 0 saturated heterocycles. The van der Waals surface area contributed by atoms with Gasteiger partial charge in [0.25, 0.3) is 5.91 Å². The van der Waals surface area contributed by atoms with Crippen LogP contribution in [-0.2, 0) is 6.42 Å². The van der Waals surface area contributed by atoms with Crippen molar-refractivity contribution >= 4 is 16.8 Å². The van der Waals surface area contributed by atoms with Crippen LogP contribution in [0, 0.1) is 0 Å². The topological polar surface area (TPSA) is 60.5 Å². The van der Waals surface area contributed by atoms with Gasteiger partial charge >= 0.3 is 0 Å². The first-order valence-electron chi connectivity index (χ1n) is 8.14. The van der Waals surface area contributed by atoms with E-state index >= 15 is 0 Å². The summed E-state index contributed by atoms with van der Waals surface area (Å²) in [7, 11) is 3.29. The maximum Gasteiger partial charge on any atom is 0.270 e. The number of aromatic nitrogens is 1. The number of ether oxygens (including phenoxy) is 2. The number of rotatable bonds is 3. The molecular weight excluding hydrogens is 316 g/mol. The zero-order valence-electron chi connectivity index (χ0n) is 14.1. The summed E-state index contributed by atoms with van der Waals surface area (Å²) in [5.41, 5.74) is 4.34. The van der Waals surface area contributed by atoms with E-state index in [0.29, 0.717) is 12.2 Å². The second-order valence-electron chi connectivity index (χ2n) is 5.93. The first-order chi connectivity index (χ1) is 12.2. The third kappa shape index (κ3) is 2.58. The third-order valence-electron chi connectivity index (χ3n) is 4.55. The average Bonchev–Trinajstić information content (AvgIpc) is 2.66. The van der Waals surface area contributed by atoms with Crippen LogP contribution < -0.4 is 14.8 Å². The quantitative estimate of drug-likeness (QED) is 0.799. The molecule has 2 heterocycles. The monoisotopic (exact) mass is 334 g/mol. The number of hydrogen-bond acceptors (Lipinski definition) is 4. The van der Waals surface area contributed by atoms with Crippen LogP contribution >= 0.6 is 0 Å². The van der Waals surface area contributed by atoms with Crippen LogP contribution in [-0.4, -0.2) is 31.7 Å². The number of carbonyl (C=O) groups is 1. The minimum Gasteiger partial charge on any atom is -0.497 e. The van der Waals surface area contributed by atoms with E-state index < -0.39 is 0 Å². The second-order valence-corrected chi connectivity index (χ2v) is 5.93. The molecule has 1 aliphatic heterocycles. The molecule has 3 aromatic rings.